The Morgan fingerprint density at radius 1 is 1.37 bits per heavy atom. The van der Waals surface area contributed by atoms with Crippen LogP contribution in [0.3, 0.4) is 0 Å². The molecule has 0 aliphatic carbocycles. The number of aromatic nitrogens is 2. The highest BCUT2D eigenvalue weighted by atomic mass is 35.5. The molecular formula is C18H19ClF4N6O. The molecule has 30 heavy (non-hydrogen) atoms. The van der Waals surface area contributed by atoms with Gasteiger partial charge in [-0.1, -0.05) is 17.7 Å². The number of nitrogens with one attached hydrogen (secondary N) is 1. The van der Waals surface area contributed by atoms with E-state index in [0.29, 0.717) is 36.1 Å². The first-order chi connectivity index (χ1) is 14.0. The Labute approximate surface area is 173 Å². The van der Waals surface area contributed by atoms with Gasteiger partial charge in [0.05, 0.1) is 35.7 Å². The zero-order valence-electron chi connectivity index (χ0n) is 15.8. The first-order valence-corrected chi connectivity index (χ1v) is 9.24. The predicted molar refractivity (Wildman–Crippen MR) is 104 cm³/mol. The van der Waals surface area contributed by atoms with Crippen molar-refractivity contribution in [3.8, 4) is 0 Å². The van der Waals surface area contributed by atoms with Crippen LogP contribution in [0.15, 0.2) is 40.6 Å². The van der Waals surface area contributed by atoms with E-state index in [4.69, 9.17) is 23.2 Å². The fourth-order valence-corrected chi connectivity index (χ4v) is 3.60. The van der Waals surface area contributed by atoms with E-state index in [2.05, 4.69) is 10.2 Å². The molecule has 5 N–H and O–H groups in total. The summed E-state index contributed by atoms with van der Waals surface area (Å²) in [5.41, 5.74) is 5.47. The lowest BCUT2D eigenvalue weighted by atomic mass is 9.99. The Kier molecular flexibility index (Phi) is 5.95. The minimum atomic E-state index is -4.74. The number of hydrazine groups is 1. The molecule has 2 heterocycles. The van der Waals surface area contributed by atoms with E-state index >= 15 is 0 Å². The quantitative estimate of drug-likeness (QED) is 0.379. The highest BCUT2D eigenvalue weighted by molar-refractivity contribution is 6.33. The molecule has 1 aliphatic rings. The number of anilines is 1. The second-order valence-electron chi connectivity index (χ2n) is 6.85. The number of alkyl halides is 3. The van der Waals surface area contributed by atoms with E-state index < -0.39 is 29.2 Å². The number of rotatable bonds is 4. The van der Waals surface area contributed by atoms with Crippen LogP contribution in [0, 0.1) is 5.82 Å². The molecule has 7 nitrogen and oxygen atoms in total. The van der Waals surface area contributed by atoms with E-state index in [0.717, 1.165) is 17.1 Å². The van der Waals surface area contributed by atoms with Crippen molar-refractivity contribution < 1.29 is 17.6 Å². The van der Waals surface area contributed by atoms with Gasteiger partial charge in [0.1, 0.15) is 10.8 Å². The first-order valence-electron chi connectivity index (χ1n) is 8.87. The molecule has 1 aromatic carbocycles. The minimum Gasteiger partial charge on any atom is -0.399 e. The van der Waals surface area contributed by atoms with Gasteiger partial charge in [0.2, 0.25) is 0 Å². The van der Waals surface area contributed by atoms with Crippen molar-refractivity contribution in [3.63, 3.8) is 0 Å². The summed E-state index contributed by atoms with van der Waals surface area (Å²) >= 11 is 6.02. The summed E-state index contributed by atoms with van der Waals surface area (Å²) in [6.45, 7) is 1.99. The number of nitrogens with two attached hydrogens (primary N) is 2. The summed E-state index contributed by atoms with van der Waals surface area (Å²) < 4.78 is 53.5. The molecule has 3 rings (SSSR count). The molecule has 0 saturated heterocycles. The van der Waals surface area contributed by atoms with Crippen LogP contribution in [-0.2, 0) is 6.18 Å². The van der Waals surface area contributed by atoms with Gasteiger partial charge in [-0.2, -0.15) is 18.3 Å². The normalized spacial score (nSPS) is 16.0. The van der Waals surface area contributed by atoms with Gasteiger partial charge in [0.15, 0.2) is 0 Å². The highest BCUT2D eigenvalue weighted by Crippen LogP contribution is 2.37. The van der Waals surface area contributed by atoms with E-state index in [1.54, 1.807) is 4.90 Å². The standard InChI is InChI=1S/C18H19ClF4N6O/c1-9(11-3-2-10(20)6-12(11)18(21,22)23)29(25)14-4-5-28(8-13(14)24)15-7-26-27-17(30)16(15)19/h2-3,6-7,9H,4-5,8,24-25H2,1H3,(H,27,30)/t9-/m0/s1. The van der Waals surface area contributed by atoms with Crippen LogP contribution in [-0.4, -0.2) is 28.3 Å². The molecule has 0 radical (unpaired) electrons. The maximum Gasteiger partial charge on any atom is 0.416 e. The molecule has 1 aromatic heterocycles. The number of halogens is 5. The number of nitrogens with zero attached hydrogens (tertiary/aromatic N) is 3. The molecule has 162 valence electrons. The van der Waals surface area contributed by atoms with E-state index in [-0.39, 0.29) is 17.1 Å². The van der Waals surface area contributed by atoms with Crippen molar-refractivity contribution in [2.75, 3.05) is 18.0 Å². The molecule has 1 atom stereocenters. The number of benzene rings is 1. The second-order valence-corrected chi connectivity index (χ2v) is 7.23. The van der Waals surface area contributed by atoms with Gasteiger partial charge in [-0.05, 0) is 24.6 Å². The van der Waals surface area contributed by atoms with E-state index in [1.165, 1.54) is 13.1 Å². The third-order valence-corrected chi connectivity index (χ3v) is 5.33. The van der Waals surface area contributed by atoms with Crippen LogP contribution < -0.4 is 22.0 Å². The zero-order chi connectivity index (χ0) is 22.2. The molecule has 12 heteroatoms. The number of H-pyrrole nitrogens is 1. The Hall–Kier alpha value is -2.79. The Balaban J connectivity index is 1.88. The van der Waals surface area contributed by atoms with Crippen LogP contribution in [0.4, 0.5) is 23.2 Å². The van der Waals surface area contributed by atoms with Crippen LogP contribution in [0.5, 0.6) is 0 Å². The number of hydrogen-bond acceptors (Lipinski definition) is 6. The van der Waals surface area contributed by atoms with Gasteiger partial charge in [0, 0.05) is 18.7 Å². The first kappa shape index (κ1) is 21.9. The maximum absolute atomic E-state index is 13.4. The lowest BCUT2D eigenvalue weighted by Gasteiger charge is -2.37. The molecule has 0 bridgehead atoms. The summed E-state index contributed by atoms with van der Waals surface area (Å²) in [5, 5.41) is 7.05. The lowest BCUT2D eigenvalue weighted by molar-refractivity contribution is -0.138. The van der Waals surface area contributed by atoms with Gasteiger partial charge in [-0.3, -0.25) is 4.79 Å². The molecule has 0 unspecified atom stereocenters. The van der Waals surface area contributed by atoms with Crippen LogP contribution in [0.1, 0.15) is 30.5 Å². The fourth-order valence-electron chi connectivity index (χ4n) is 3.39. The average Bonchev–Trinajstić information content (AvgIpc) is 2.68. The Morgan fingerprint density at radius 2 is 2.07 bits per heavy atom. The third kappa shape index (κ3) is 4.21. The number of aromatic amines is 1. The largest absolute Gasteiger partial charge is 0.416 e. The highest BCUT2D eigenvalue weighted by Gasteiger charge is 2.36. The van der Waals surface area contributed by atoms with E-state index in [9.17, 15) is 22.4 Å². The molecular weight excluding hydrogens is 428 g/mol. The maximum atomic E-state index is 13.4. The van der Waals surface area contributed by atoms with Crippen molar-refractivity contribution >= 4 is 17.3 Å². The zero-order valence-corrected chi connectivity index (χ0v) is 16.6. The lowest BCUT2D eigenvalue weighted by Crippen LogP contribution is -2.43. The van der Waals surface area contributed by atoms with Crippen molar-refractivity contribution in [2.24, 2.45) is 11.6 Å². The predicted octanol–water partition coefficient (Wildman–Crippen LogP) is 2.90. The van der Waals surface area contributed by atoms with Gasteiger partial charge < -0.3 is 15.6 Å². The van der Waals surface area contributed by atoms with Crippen molar-refractivity contribution in [1.82, 2.24) is 15.2 Å². The van der Waals surface area contributed by atoms with Crippen LogP contribution >= 0.6 is 11.6 Å². The molecule has 0 spiro atoms. The van der Waals surface area contributed by atoms with Gasteiger partial charge >= 0.3 is 6.18 Å². The summed E-state index contributed by atoms with van der Waals surface area (Å²) in [5.74, 6) is 5.14. The topological polar surface area (TPSA) is 104 Å². The van der Waals surface area contributed by atoms with Gasteiger partial charge in [0.25, 0.3) is 5.56 Å². The number of hydrogen-bond donors (Lipinski definition) is 3. The Morgan fingerprint density at radius 3 is 2.70 bits per heavy atom. The fraction of sp³-hybridized carbons (Fsp3) is 0.333. The minimum absolute atomic E-state index is 0.0413. The summed E-state index contributed by atoms with van der Waals surface area (Å²) in [6.07, 6.45) is -3.06. The molecule has 0 amide bonds. The van der Waals surface area contributed by atoms with E-state index in [1.807, 2.05) is 0 Å². The monoisotopic (exact) mass is 446 g/mol. The summed E-state index contributed by atoms with van der Waals surface area (Å²) in [7, 11) is 0. The van der Waals surface area contributed by atoms with Crippen molar-refractivity contribution in [1.29, 1.82) is 0 Å². The van der Waals surface area contributed by atoms with Crippen LogP contribution in [0.2, 0.25) is 5.02 Å². The summed E-state index contributed by atoms with van der Waals surface area (Å²) in [6, 6.07) is 1.54. The van der Waals surface area contributed by atoms with Gasteiger partial charge in [-0.25, -0.2) is 15.3 Å². The molecule has 2 aromatic rings. The Bertz CT molecular complexity index is 1040. The second kappa shape index (κ2) is 8.15. The average molecular weight is 447 g/mol. The van der Waals surface area contributed by atoms with Crippen molar-refractivity contribution in [3.05, 3.63) is 68.1 Å². The van der Waals surface area contributed by atoms with Crippen molar-refractivity contribution in [2.45, 2.75) is 25.6 Å². The molecule has 0 saturated carbocycles. The molecule has 0 fully saturated rings. The SMILES string of the molecule is C[C@@H](c1ccc(F)cc1C(F)(F)F)N(N)C1=C(N)CN(c2cn[nH]c(=O)c2Cl)CC1. The smallest absolute Gasteiger partial charge is 0.399 e. The molecule has 1 aliphatic heterocycles. The van der Waals surface area contributed by atoms with Gasteiger partial charge in [-0.15, -0.1) is 0 Å². The third-order valence-electron chi connectivity index (χ3n) is 4.97. The summed E-state index contributed by atoms with van der Waals surface area (Å²) in [4.78, 5) is 13.4. The van der Waals surface area contributed by atoms with Crippen LogP contribution in [0.25, 0.3) is 0 Å².